The lowest BCUT2D eigenvalue weighted by Gasteiger charge is -2.27. The number of unbranched alkanes of at least 4 members (excludes halogenated alkanes) is 2. The molecule has 40 heavy (non-hydrogen) atoms. The molecule has 1 unspecified atom stereocenters. The predicted molar refractivity (Wildman–Crippen MR) is 148 cm³/mol. The van der Waals surface area contributed by atoms with Gasteiger partial charge in [-0.15, -0.1) is 0 Å². The summed E-state index contributed by atoms with van der Waals surface area (Å²) < 4.78 is 33.4. The molecule has 0 fully saturated rings. The van der Waals surface area contributed by atoms with Crippen LogP contribution in [0, 0.1) is 11.3 Å². The Kier molecular flexibility index (Phi) is 9.02. The summed E-state index contributed by atoms with van der Waals surface area (Å²) in [7, 11) is 4.41. The van der Waals surface area contributed by atoms with Gasteiger partial charge in [0, 0.05) is 11.6 Å². The number of ether oxygens (including phenoxy) is 6. The number of nitrogens with zero attached hydrogens (tertiary/aromatic N) is 1. The Hall–Kier alpha value is -4.84. The Labute approximate surface area is 233 Å². The standard InChI is InChI=1S/C31H32N2O7/c1-5-6-7-13-38-21-10-8-9-19(14-21)28-23-12-11-22(17-25(23)40-30(33)24(28)18-32)39-31(34)20-15-26(35-2)29(37-4)27(16-20)36-3/h8-12,14-17,28H,5-7,13,33H2,1-4H3. The third-order valence-corrected chi connectivity index (χ3v) is 6.51. The van der Waals surface area contributed by atoms with Crippen molar-refractivity contribution in [3.05, 3.63) is 82.7 Å². The van der Waals surface area contributed by atoms with Gasteiger partial charge in [0.2, 0.25) is 11.6 Å². The summed E-state index contributed by atoms with van der Waals surface area (Å²) in [6.07, 6.45) is 3.17. The molecule has 3 aromatic rings. The van der Waals surface area contributed by atoms with Crippen molar-refractivity contribution in [2.45, 2.75) is 32.1 Å². The minimum atomic E-state index is -0.638. The molecular weight excluding hydrogens is 512 g/mol. The summed E-state index contributed by atoms with van der Waals surface area (Å²) in [5, 5.41) is 9.91. The van der Waals surface area contributed by atoms with E-state index in [0.29, 0.717) is 40.9 Å². The van der Waals surface area contributed by atoms with E-state index < -0.39 is 11.9 Å². The Morgan fingerprint density at radius 1 is 0.975 bits per heavy atom. The van der Waals surface area contributed by atoms with Crippen LogP contribution in [0.15, 0.2) is 66.1 Å². The summed E-state index contributed by atoms with van der Waals surface area (Å²) in [6.45, 7) is 2.76. The lowest BCUT2D eigenvalue weighted by atomic mass is 9.83. The first-order chi connectivity index (χ1) is 19.4. The molecule has 3 aromatic carbocycles. The number of rotatable bonds is 11. The lowest BCUT2D eigenvalue weighted by Crippen LogP contribution is -2.21. The van der Waals surface area contributed by atoms with Crippen molar-refractivity contribution in [2.75, 3.05) is 27.9 Å². The molecule has 1 heterocycles. The molecule has 9 heteroatoms. The molecule has 1 aliphatic rings. The van der Waals surface area contributed by atoms with E-state index in [4.69, 9.17) is 34.2 Å². The van der Waals surface area contributed by atoms with Crippen LogP contribution >= 0.6 is 0 Å². The molecule has 0 aromatic heterocycles. The van der Waals surface area contributed by atoms with Gasteiger partial charge in [-0.3, -0.25) is 0 Å². The second-order valence-corrected chi connectivity index (χ2v) is 9.06. The molecule has 4 rings (SSSR count). The van der Waals surface area contributed by atoms with Crippen LogP contribution in [-0.4, -0.2) is 33.9 Å². The minimum absolute atomic E-state index is 0.0117. The average Bonchev–Trinajstić information content (AvgIpc) is 2.97. The molecule has 0 saturated heterocycles. The van der Waals surface area contributed by atoms with Crippen LogP contribution in [0.3, 0.4) is 0 Å². The van der Waals surface area contributed by atoms with Crippen LogP contribution < -0.4 is 34.2 Å². The molecule has 2 N–H and O–H groups in total. The van der Waals surface area contributed by atoms with Crippen molar-refractivity contribution in [2.24, 2.45) is 5.73 Å². The number of fused-ring (bicyclic) bond motifs is 1. The number of hydrogen-bond donors (Lipinski definition) is 1. The maximum Gasteiger partial charge on any atom is 0.343 e. The van der Waals surface area contributed by atoms with Gasteiger partial charge in [-0.2, -0.15) is 5.26 Å². The minimum Gasteiger partial charge on any atom is -0.494 e. The maximum absolute atomic E-state index is 13.0. The van der Waals surface area contributed by atoms with Gasteiger partial charge in [-0.25, -0.2) is 4.79 Å². The molecule has 0 radical (unpaired) electrons. The van der Waals surface area contributed by atoms with Crippen LogP contribution in [0.4, 0.5) is 0 Å². The second kappa shape index (κ2) is 12.8. The van der Waals surface area contributed by atoms with Gasteiger partial charge in [-0.1, -0.05) is 38.0 Å². The molecule has 0 spiro atoms. The monoisotopic (exact) mass is 544 g/mol. The summed E-state index contributed by atoms with van der Waals surface area (Å²) in [5.41, 5.74) is 8.21. The van der Waals surface area contributed by atoms with Gasteiger partial charge in [-0.05, 0) is 42.3 Å². The van der Waals surface area contributed by atoms with Crippen molar-refractivity contribution in [1.29, 1.82) is 5.26 Å². The van der Waals surface area contributed by atoms with E-state index in [1.165, 1.54) is 33.5 Å². The highest BCUT2D eigenvalue weighted by Crippen LogP contribution is 2.44. The summed E-state index contributed by atoms with van der Waals surface area (Å²) in [4.78, 5) is 13.0. The Balaban J connectivity index is 1.62. The van der Waals surface area contributed by atoms with Gasteiger partial charge < -0.3 is 34.2 Å². The first-order valence-corrected chi connectivity index (χ1v) is 12.9. The largest absolute Gasteiger partial charge is 0.494 e. The summed E-state index contributed by atoms with van der Waals surface area (Å²) >= 11 is 0. The van der Waals surface area contributed by atoms with E-state index in [0.717, 1.165) is 24.8 Å². The third-order valence-electron chi connectivity index (χ3n) is 6.51. The van der Waals surface area contributed by atoms with Crippen LogP contribution in [0.2, 0.25) is 0 Å². The van der Waals surface area contributed by atoms with Crippen molar-refractivity contribution in [1.82, 2.24) is 0 Å². The Bertz CT molecular complexity index is 1430. The van der Waals surface area contributed by atoms with Crippen LogP contribution in [0.1, 0.15) is 53.6 Å². The fraction of sp³-hybridized carbons (Fsp3) is 0.290. The zero-order valence-corrected chi connectivity index (χ0v) is 23.0. The Morgan fingerprint density at radius 2 is 1.73 bits per heavy atom. The zero-order valence-electron chi connectivity index (χ0n) is 23.0. The van der Waals surface area contributed by atoms with Gasteiger partial charge in [0.25, 0.3) is 0 Å². The van der Waals surface area contributed by atoms with Crippen LogP contribution in [0.25, 0.3) is 0 Å². The topological polar surface area (TPSA) is 122 Å². The van der Waals surface area contributed by atoms with E-state index >= 15 is 0 Å². The number of carbonyl (C=O) groups excluding carboxylic acids is 1. The zero-order chi connectivity index (χ0) is 28.6. The van der Waals surface area contributed by atoms with E-state index in [2.05, 4.69) is 13.0 Å². The quantitative estimate of drug-likeness (QED) is 0.183. The second-order valence-electron chi connectivity index (χ2n) is 9.06. The third kappa shape index (κ3) is 5.91. The van der Waals surface area contributed by atoms with Crippen molar-refractivity contribution in [3.8, 4) is 40.6 Å². The summed E-state index contributed by atoms with van der Waals surface area (Å²) in [6, 6.07) is 17.8. The molecule has 9 nitrogen and oxygen atoms in total. The summed E-state index contributed by atoms with van der Waals surface area (Å²) in [5.74, 6) is 1.21. The first kappa shape index (κ1) is 28.2. The fourth-order valence-electron chi connectivity index (χ4n) is 4.53. The molecule has 1 atom stereocenters. The number of allylic oxidation sites excluding steroid dienone is 1. The molecule has 208 valence electrons. The molecule has 0 amide bonds. The van der Waals surface area contributed by atoms with Crippen LogP contribution in [-0.2, 0) is 0 Å². The van der Waals surface area contributed by atoms with Crippen molar-refractivity contribution >= 4 is 5.97 Å². The van der Waals surface area contributed by atoms with Gasteiger partial charge in [0.05, 0.1) is 39.4 Å². The molecule has 1 aliphatic heterocycles. The molecule has 0 saturated carbocycles. The number of carbonyl (C=O) groups is 1. The van der Waals surface area contributed by atoms with E-state index in [1.807, 2.05) is 24.3 Å². The fourth-order valence-corrected chi connectivity index (χ4v) is 4.53. The van der Waals surface area contributed by atoms with Crippen molar-refractivity contribution < 1.29 is 33.2 Å². The van der Waals surface area contributed by atoms with E-state index in [-0.39, 0.29) is 22.8 Å². The van der Waals surface area contributed by atoms with Crippen LogP contribution in [0.5, 0.6) is 34.5 Å². The van der Waals surface area contributed by atoms with Gasteiger partial charge in [0.1, 0.15) is 28.9 Å². The number of nitriles is 1. The lowest BCUT2D eigenvalue weighted by molar-refractivity contribution is 0.0733. The molecule has 0 bridgehead atoms. The van der Waals surface area contributed by atoms with E-state index in [1.54, 1.807) is 18.2 Å². The average molecular weight is 545 g/mol. The smallest absolute Gasteiger partial charge is 0.343 e. The number of nitrogens with two attached hydrogens (primary N) is 1. The number of methoxy groups -OCH3 is 3. The molecule has 0 aliphatic carbocycles. The normalized spacial score (nSPS) is 13.9. The number of benzene rings is 3. The predicted octanol–water partition coefficient (Wildman–Crippen LogP) is 5.72. The van der Waals surface area contributed by atoms with Gasteiger partial charge in [0.15, 0.2) is 11.5 Å². The van der Waals surface area contributed by atoms with Crippen molar-refractivity contribution in [3.63, 3.8) is 0 Å². The maximum atomic E-state index is 13.0. The highest BCUT2D eigenvalue weighted by molar-refractivity contribution is 5.92. The first-order valence-electron chi connectivity index (χ1n) is 12.9. The highest BCUT2D eigenvalue weighted by atomic mass is 16.5. The molecular formula is C31H32N2O7. The number of esters is 1. The van der Waals surface area contributed by atoms with E-state index in [9.17, 15) is 10.1 Å². The Morgan fingerprint density at radius 3 is 2.38 bits per heavy atom. The number of hydrogen-bond acceptors (Lipinski definition) is 9. The SMILES string of the molecule is CCCCCOc1cccc(C2C(C#N)=C(N)Oc3cc(OC(=O)c4cc(OC)c(OC)c(OC)c4)ccc32)c1. The van der Waals surface area contributed by atoms with Gasteiger partial charge >= 0.3 is 5.97 Å². The highest BCUT2D eigenvalue weighted by Gasteiger charge is 2.31.